The summed E-state index contributed by atoms with van der Waals surface area (Å²) in [6.45, 7) is 5.96. The minimum Gasteiger partial charge on any atom is -0.399 e. The molecular formula is C17H26N2O. The second-order valence-electron chi connectivity index (χ2n) is 6.00. The van der Waals surface area contributed by atoms with Gasteiger partial charge in [0, 0.05) is 25.2 Å². The van der Waals surface area contributed by atoms with Crippen molar-refractivity contribution >= 4 is 11.6 Å². The summed E-state index contributed by atoms with van der Waals surface area (Å²) in [5, 5.41) is 0. The Morgan fingerprint density at radius 1 is 1.35 bits per heavy atom. The first kappa shape index (κ1) is 14.9. The van der Waals surface area contributed by atoms with Gasteiger partial charge in [0.1, 0.15) is 0 Å². The summed E-state index contributed by atoms with van der Waals surface area (Å²) in [5.74, 6) is 1.27. The summed E-state index contributed by atoms with van der Waals surface area (Å²) in [6, 6.07) is 7.86. The normalized spacial score (nSPS) is 16.5. The highest BCUT2D eigenvalue weighted by atomic mass is 16.2. The standard InChI is InChI=1S/C17H26N2O/c1-3-19(12-14-5-4-6-14)17(20)11-13(2)15-7-9-16(18)10-8-15/h7-10,13-14H,3-6,11-12,18H2,1-2H3. The van der Waals surface area contributed by atoms with E-state index in [1.54, 1.807) is 0 Å². The van der Waals surface area contributed by atoms with Gasteiger partial charge < -0.3 is 10.6 Å². The van der Waals surface area contributed by atoms with Gasteiger partial charge in [-0.2, -0.15) is 0 Å². The number of anilines is 1. The monoisotopic (exact) mass is 274 g/mol. The molecule has 1 aliphatic rings. The number of hydrogen-bond donors (Lipinski definition) is 1. The molecule has 0 saturated heterocycles. The molecular weight excluding hydrogens is 248 g/mol. The summed E-state index contributed by atoms with van der Waals surface area (Å²) in [4.78, 5) is 14.4. The summed E-state index contributed by atoms with van der Waals surface area (Å²) in [5.41, 5.74) is 7.66. The Kier molecular flexibility index (Phi) is 5.05. The Morgan fingerprint density at radius 2 is 2.00 bits per heavy atom. The molecule has 0 aromatic heterocycles. The molecule has 2 rings (SSSR count). The number of nitrogens with zero attached hydrogens (tertiary/aromatic N) is 1. The molecule has 20 heavy (non-hydrogen) atoms. The molecule has 0 bridgehead atoms. The first-order valence-corrected chi connectivity index (χ1v) is 7.73. The van der Waals surface area contributed by atoms with E-state index >= 15 is 0 Å². The van der Waals surface area contributed by atoms with Crippen molar-refractivity contribution in [1.29, 1.82) is 0 Å². The highest BCUT2D eigenvalue weighted by molar-refractivity contribution is 5.77. The number of benzene rings is 1. The van der Waals surface area contributed by atoms with Crippen LogP contribution in [-0.4, -0.2) is 23.9 Å². The second-order valence-corrected chi connectivity index (χ2v) is 6.00. The van der Waals surface area contributed by atoms with Crippen molar-refractivity contribution in [3.63, 3.8) is 0 Å². The number of hydrogen-bond acceptors (Lipinski definition) is 2. The van der Waals surface area contributed by atoms with Crippen LogP contribution < -0.4 is 5.73 Å². The molecule has 1 amide bonds. The third-order valence-electron chi connectivity index (χ3n) is 4.42. The first-order chi connectivity index (χ1) is 9.60. The van der Waals surface area contributed by atoms with Crippen LogP contribution in [0.3, 0.4) is 0 Å². The predicted molar refractivity (Wildman–Crippen MR) is 83.5 cm³/mol. The molecule has 3 heteroatoms. The van der Waals surface area contributed by atoms with Crippen molar-refractivity contribution in [2.75, 3.05) is 18.8 Å². The molecule has 1 unspecified atom stereocenters. The summed E-state index contributed by atoms with van der Waals surface area (Å²) >= 11 is 0. The van der Waals surface area contributed by atoms with Crippen molar-refractivity contribution < 1.29 is 4.79 Å². The zero-order chi connectivity index (χ0) is 14.5. The zero-order valence-corrected chi connectivity index (χ0v) is 12.6. The fourth-order valence-electron chi connectivity index (χ4n) is 2.73. The molecule has 1 aliphatic carbocycles. The highest BCUT2D eigenvalue weighted by Crippen LogP contribution is 2.28. The fourth-order valence-corrected chi connectivity index (χ4v) is 2.73. The van der Waals surface area contributed by atoms with Crippen LogP contribution in [-0.2, 0) is 4.79 Å². The average Bonchev–Trinajstić information content (AvgIpc) is 2.38. The van der Waals surface area contributed by atoms with Crippen LogP contribution in [0.4, 0.5) is 5.69 Å². The third-order valence-corrected chi connectivity index (χ3v) is 4.42. The second kappa shape index (κ2) is 6.78. The molecule has 1 fully saturated rings. The summed E-state index contributed by atoms with van der Waals surface area (Å²) < 4.78 is 0. The van der Waals surface area contributed by atoms with Crippen molar-refractivity contribution in [2.24, 2.45) is 5.92 Å². The lowest BCUT2D eigenvalue weighted by atomic mass is 9.85. The van der Waals surface area contributed by atoms with E-state index in [0.29, 0.717) is 6.42 Å². The van der Waals surface area contributed by atoms with Crippen LogP contribution in [0.5, 0.6) is 0 Å². The van der Waals surface area contributed by atoms with E-state index in [1.807, 2.05) is 29.2 Å². The smallest absolute Gasteiger partial charge is 0.223 e. The molecule has 1 atom stereocenters. The Morgan fingerprint density at radius 3 is 2.50 bits per heavy atom. The van der Waals surface area contributed by atoms with Crippen LogP contribution in [0.2, 0.25) is 0 Å². The van der Waals surface area contributed by atoms with E-state index in [0.717, 1.165) is 24.7 Å². The number of carbonyl (C=O) groups is 1. The lowest BCUT2D eigenvalue weighted by Gasteiger charge is -2.32. The maximum Gasteiger partial charge on any atom is 0.223 e. The largest absolute Gasteiger partial charge is 0.399 e. The van der Waals surface area contributed by atoms with E-state index in [9.17, 15) is 4.79 Å². The van der Waals surface area contributed by atoms with Gasteiger partial charge in [-0.3, -0.25) is 4.79 Å². The fraction of sp³-hybridized carbons (Fsp3) is 0.588. The van der Waals surface area contributed by atoms with E-state index in [-0.39, 0.29) is 11.8 Å². The molecule has 0 heterocycles. The number of carbonyl (C=O) groups excluding carboxylic acids is 1. The molecule has 110 valence electrons. The first-order valence-electron chi connectivity index (χ1n) is 7.73. The maximum absolute atomic E-state index is 12.4. The van der Waals surface area contributed by atoms with Gasteiger partial charge in [0.15, 0.2) is 0 Å². The minimum absolute atomic E-state index is 0.249. The third kappa shape index (κ3) is 3.75. The lowest BCUT2D eigenvalue weighted by molar-refractivity contribution is -0.132. The molecule has 2 N–H and O–H groups in total. The van der Waals surface area contributed by atoms with Gasteiger partial charge in [0.25, 0.3) is 0 Å². The van der Waals surface area contributed by atoms with E-state index in [4.69, 9.17) is 5.73 Å². The van der Waals surface area contributed by atoms with E-state index in [1.165, 1.54) is 24.8 Å². The number of nitrogens with two attached hydrogens (primary N) is 1. The van der Waals surface area contributed by atoms with E-state index < -0.39 is 0 Å². The average molecular weight is 274 g/mol. The van der Waals surface area contributed by atoms with E-state index in [2.05, 4.69) is 13.8 Å². The number of nitrogen functional groups attached to an aromatic ring is 1. The van der Waals surface area contributed by atoms with Gasteiger partial charge in [-0.15, -0.1) is 0 Å². The number of rotatable bonds is 6. The van der Waals surface area contributed by atoms with Crippen LogP contribution in [0, 0.1) is 5.92 Å². The van der Waals surface area contributed by atoms with Crippen LogP contribution in [0.1, 0.15) is 51.0 Å². The summed E-state index contributed by atoms with van der Waals surface area (Å²) in [7, 11) is 0. The summed E-state index contributed by atoms with van der Waals surface area (Å²) in [6.07, 6.45) is 4.50. The van der Waals surface area contributed by atoms with Crippen molar-refractivity contribution in [3.05, 3.63) is 29.8 Å². The molecule has 0 aliphatic heterocycles. The SMILES string of the molecule is CCN(CC1CCC1)C(=O)CC(C)c1ccc(N)cc1. The lowest BCUT2D eigenvalue weighted by Crippen LogP contribution is -2.37. The van der Waals surface area contributed by atoms with Gasteiger partial charge in [0.2, 0.25) is 5.91 Å². The molecule has 1 saturated carbocycles. The molecule has 1 aromatic rings. The topological polar surface area (TPSA) is 46.3 Å². The minimum atomic E-state index is 0.249. The van der Waals surface area contributed by atoms with Crippen LogP contribution in [0.25, 0.3) is 0 Å². The molecule has 0 spiro atoms. The Bertz CT molecular complexity index is 437. The van der Waals surface area contributed by atoms with Crippen LogP contribution in [0.15, 0.2) is 24.3 Å². The quantitative estimate of drug-likeness (QED) is 0.808. The highest BCUT2D eigenvalue weighted by Gasteiger charge is 2.23. The zero-order valence-electron chi connectivity index (χ0n) is 12.6. The van der Waals surface area contributed by atoms with Gasteiger partial charge in [0.05, 0.1) is 0 Å². The number of amides is 1. The van der Waals surface area contributed by atoms with Gasteiger partial charge in [-0.05, 0) is 49.3 Å². The maximum atomic E-state index is 12.4. The van der Waals surface area contributed by atoms with Crippen LogP contribution >= 0.6 is 0 Å². The van der Waals surface area contributed by atoms with Crippen molar-refractivity contribution in [2.45, 2.75) is 45.4 Å². The molecule has 1 aromatic carbocycles. The van der Waals surface area contributed by atoms with Gasteiger partial charge in [-0.1, -0.05) is 25.5 Å². The van der Waals surface area contributed by atoms with Crippen molar-refractivity contribution in [1.82, 2.24) is 4.90 Å². The molecule has 3 nitrogen and oxygen atoms in total. The Labute approximate surface area is 122 Å². The van der Waals surface area contributed by atoms with Crippen molar-refractivity contribution in [3.8, 4) is 0 Å². The predicted octanol–water partition coefficient (Wildman–Crippen LogP) is 3.41. The van der Waals surface area contributed by atoms with Gasteiger partial charge >= 0.3 is 0 Å². The Hall–Kier alpha value is -1.51. The molecule has 0 radical (unpaired) electrons. The Balaban J connectivity index is 1.89. The van der Waals surface area contributed by atoms with Gasteiger partial charge in [-0.25, -0.2) is 0 Å².